The van der Waals surface area contributed by atoms with Crippen LogP contribution in [0.2, 0.25) is 0 Å². The first-order valence-electron chi connectivity index (χ1n) is 7.58. The quantitative estimate of drug-likeness (QED) is 0.900. The maximum atomic E-state index is 10.7. The van der Waals surface area contributed by atoms with E-state index in [4.69, 9.17) is 0 Å². The third-order valence-electron chi connectivity index (χ3n) is 5.27. The summed E-state index contributed by atoms with van der Waals surface area (Å²) in [7, 11) is 2.19. The Kier molecular flexibility index (Phi) is 3.40. The Morgan fingerprint density at radius 2 is 1.84 bits per heavy atom. The Hall–Kier alpha value is -0.860. The number of hydrogen-bond acceptors (Lipinski definition) is 2. The Labute approximate surface area is 116 Å². The number of benzene rings is 1. The molecular weight excluding hydrogens is 234 g/mol. The van der Waals surface area contributed by atoms with Gasteiger partial charge in [-0.2, -0.15) is 0 Å². The van der Waals surface area contributed by atoms with E-state index in [1.54, 1.807) is 0 Å². The van der Waals surface area contributed by atoms with Gasteiger partial charge in [0.15, 0.2) is 0 Å². The van der Waals surface area contributed by atoms with Crippen molar-refractivity contribution >= 4 is 0 Å². The molecule has 1 aromatic rings. The fourth-order valence-corrected chi connectivity index (χ4v) is 3.66. The molecule has 0 saturated heterocycles. The number of aliphatic hydroxyl groups excluding tert-OH is 1. The second-order valence-electron chi connectivity index (χ2n) is 6.52. The standard InChI is InChI=1S/C17H25NO/c1-11-10-16(18(3)12(2)13-8-9-13)17(19)15-7-5-4-6-14(11)15/h4-7,11-13,16-17,19H,8-10H2,1-3H3. The van der Waals surface area contributed by atoms with Crippen molar-refractivity contribution < 1.29 is 5.11 Å². The zero-order valence-electron chi connectivity index (χ0n) is 12.2. The summed E-state index contributed by atoms with van der Waals surface area (Å²) in [4.78, 5) is 2.43. The summed E-state index contributed by atoms with van der Waals surface area (Å²) in [5.74, 6) is 1.39. The summed E-state index contributed by atoms with van der Waals surface area (Å²) >= 11 is 0. The maximum absolute atomic E-state index is 10.7. The number of aliphatic hydroxyl groups is 1. The van der Waals surface area contributed by atoms with Crippen LogP contribution in [0.1, 0.15) is 56.3 Å². The van der Waals surface area contributed by atoms with Gasteiger partial charge < -0.3 is 5.11 Å². The zero-order valence-corrected chi connectivity index (χ0v) is 12.2. The minimum Gasteiger partial charge on any atom is -0.387 e. The van der Waals surface area contributed by atoms with Gasteiger partial charge in [-0.3, -0.25) is 4.90 Å². The van der Waals surface area contributed by atoms with E-state index in [9.17, 15) is 5.11 Å². The molecule has 0 radical (unpaired) electrons. The first-order chi connectivity index (χ1) is 9.09. The predicted molar refractivity (Wildman–Crippen MR) is 78.2 cm³/mol. The van der Waals surface area contributed by atoms with Crippen molar-refractivity contribution in [1.82, 2.24) is 4.90 Å². The summed E-state index contributed by atoms with van der Waals surface area (Å²) in [6.07, 6.45) is 3.45. The molecule has 1 fully saturated rings. The van der Waals surface area contributed by atoms with Gasteiger partial charge in [0.1, 0.15) is 0 Å². The van der Waals surface area contributed by atoms with Crippen molar-refractivity contribution in [2.24, 2.45) is 5.92 Å². The fourth-order valence-electron chi connectivity index (χ4n) is 3.66. The Bertz CT molecular complexity index is 454. The molecule has 3 rings (SSSR count). The van der Waals surface area contributed by atoms with Gasteiger partial charge in [-0.15, -0.1) is 0 Å². The normalized spacial score (nSPS) is 32.2. The molecule has 104 valence electrons. The van der Waals surface area contributed by atoms with Crippen LogP contribution in [0.3, 0.4) is 0 Å². The number of fused-ring (bicyclic) bond motifs is 1. The molecule has 4 unspecified atom stereocenters. The lowest BCUT2D eigenvalue weighted by molar-refractivity contribution is 0.0222. The van der Waals surface area contributed by atoms with E-state index < -0.39 is 0 Å². The fraction of sp³-hybridized carbons (Fsp3) is 0.647. The Morgan fingerprint density at radius 3 is 2.47 bits per heavy atom. The van der Waals surface area contributed by atoms with Crippen LogP contribution in [0.15, 0.2) is 24.3 Å². The van der Waals surface area contributed by atoms with E-state index in [1.807, 2.05) is 6.07 Å². The lowest BCUT2D eigenvalue weighted by Crippen LogP contribution is -2.45. The number of rotatable bonds is 3. The van der Waals surface area contributed by atoms with E-state index in [0.29, 0.717) is 12.0 Å². The van der Waals surface area contributed by atoms with Crippen LogP contribution < -0.4 is 0 Å². The average Bonchev–Trinajstić information content (AvgIpc) is 3.26. The van der Waals surface area contributed by atoms with Crippen molar-refractivity contribution in [3.05, 3.63) is 35.4 Å². The third kappa shape index (κ3) is 2.32. The maximum Gasteiger partial charge on any atom is 0.0948 e. The van der Waals surface area contributed by atoms with Crippen molar-refractivity contribution in [2.75, 3.05) is 7.05 Å². The van der Waals surface area contributed by atoms with E-state index in [-0.39, 0.29) is 12.1 Å². The van der Waals surface area contributed by atoms with Gasteiger partial charge in [0.25, 0.3) is 0 Å². The smallest absolute Gasteiger partial charge is 0.0948 e. The number of nitrogens with zero attached hydrogens (tertiary/aromatic N) is 1. The molecular formula is C17H25NO. The topological polar surface area (TPSA) is 23.5 Å². The molecule has 0 spiro atoms. The van der Waals surface area contributed by atoms with Gasteiger partial charge in [0, 0.05) is 12.1 Å². The molecule has 0 aromatic heterocycles. The summed E-state index contributed by atoms with van der Waals surface area (Å²) in [6, 6.07) is 9.25. The molecule has 1 aromatic carbocycles. The van der Waals surface area contributed by atoms with E-state index in [2.05, 4.69) is 44.0 Å². The van der Waals surface area contributed by atoms with Gasteiger partial charge in [-0.05, 0) is 56.2 Å². The highest BCUT2D eigenvalue weighted by Gasteiger charge is 2.39. The second-order valence-corrected chi connectivity index (χ2v) is 6.52. The highest BCUT2D eigenvalue weighted by Crippen LogP contribution is 2.42. The highest BCUT2D eigenvalue weighted by atomic mass is 16.3. The van der Waals surface area contributed by atoms with Crippen molar-refractivity contribution in [3.63, 3.8) is 0 Å². The molecule has 2 heteroatoms. The second kappa shape index (κ2) is 4.92. The average molecular weight is 259 g/mol. The zero-order chi connectivity index (χ0) is 13.6. The number of likely N-dealkylation sites (N-methyl/N-ethyl adjacent to an activating group) is 1. The minimum absolute atomic E-state index is 0.264. The van der Waals surface area contributed by atoms with Gasteiger partial charge in [-0.1, -0.05) is 31.2 Å². The van der Waals surface area contributed by atoms with Crippen LogP contribution in [0.4, 0.5) is 0 Å². The van der Waals surface area contributed by atoms with Crippen LogP contribution in [-0.4, -0.2) is 29.1 Å². The Morgan fingerprint density at radius 1 is 1.21 bits per heavy atom. The van der Waals surface area contributed by atoms with Crippen LogP contribution >= 0.6 is 0 Å². The van der Waals surface area contributed by atoms with Crippen molar-refractivity contribution in [3.8, 4) is 0 Å². The molecule has 4 atom stereocenters. The largest absolute Gasteiger partial charge is 0.387 e. The third-order valence-corrected chi connectivity index (χ3v) is 5.27. The SMILES string of the molecule is CC1CC(N(C)C(C)C2CC2)C(O)c2ccccc21. The molecule has 1 saturated carbocycles. The molecule has 1 N–H and O–H groups in total. The van der Waals surface area contributed by atoms with E-state index in [1.165, 1.54) is 18.4 Å². The molecule has 0 amide bonds. The molecule has 2 nitrogen and oxygen atoms in total. The van der Waals surface area contributed by atoms with Crippen LogP contribution in [0, 0.1) is 5.92 Å². The van der Waals surface area contributed by atoms with Crippen molar-refractivity contribution in [1.29, 1.82) is 0 Å². The monoisotopic (exact) mass is 259 g/mol. The van der Waals surface area contributed by atoms with E-state index in [0.717, 1.165) is 17.9 Å². The molecule has 0 aliphatic heterocycles. The Balaban J connectivity index is 1.84. The van der Waals surface area contributed by atoms with Gasteiger partial charge >= 0.3 is 0 Å². The molecule has 0 bridgehead atoms. The number of hydrogen-bond donors (Lipinski definition) is 1. The minimum atomic E-state index is -0.335. The lowest BCUT2D eigenvalue weighted by Gasteiger charge is -2.42. The van der Waals surface area contributed by atoms with E-state index >= 15 is 0 Å². The van der Waals surface area contributed by atoms with Crippen molar-refractivity contribution in [2.45, 2.75) is 57.2 Å². The van der Waals surface area contributed by atoms with Crippen LogP contribution in [0.5, 0.6) is 0 Å². The van der Waals surface area contributed by atoms with Gasteiger partial charge in [0.05, 0.1) is 6.10 Å². The highest BCUT2D eigenvalue weighted by molar-refractivity contribution is 5.35. The summed E-state index contributed by atoms with van der Waals surface area (Å²) < 4.78 is 0. The van der Waals surface area contributed by atoms with Gasteiger partial charge in [0.2, 0.25) is 0 Å². The first kappa shape index (κ1) is 13.1. The van der Waals surface area contributed by atoms with Gasteiger partial charge in [-0.25, -0.2) is 0 Å². The summed E-state index contributed by atoms with van der Waals surface area (Å²) in [5, 5.41) is 10.7. The predicted octanol–water partition coefficient (Wildman–Crippen LogP) is 3.33. The van der Waals surface area contributed by atoms with Crippen LogP contribution in [-0.2, 0) is 0 Å². The summed E-state index contributed by atoms with van der Waals surface area (Å²) in [6.45, 7) is 4.60. The first-order valence-corrected chi connectivity index (χ1v) is 7.58. The molecule has 2 aliphatic rings. The molecule has 19 heavy (non-hydrogen) atoms. The summed E-state index contributed by atoms with van der Waals surface area (Å²) in [5.41, 5.74) is 2.47. The molecule has 2 aliphatic carbocycles. The lowest BCUT2D eigenvalue weighted by atomic mass is 9.78. The molecule has 0 heterocycles. The van der Waals surface area contributed by atoms with Crippen LogP contribution in [0.25, 0.3) is 0 Å².